The van der Waals surface area contributed by atoms with Crippen LogP contribution in [-0.4, -0.2) is 103 Å². The summed E-state index contributed by atoms with van der Waals surface area (Å²) >= 11 is 0. The lowest BCUT2D eigenvalue weighted by Gasteiger charge is -2.36. The predicted octanol–water partition coefficient (Wildman–Crippen LogP) is 12.8. The van der Waals surface area contributed by atoms with Gasteiger partial charge in [0.1, 0.15) is 12.5 Å². The highest BCUT2D eigenvalue weighted by Gasteiger charge is 2.42. The van der Waals surface area contributed by atoms with E-state index in [1.54, 1.807) is 7.11 Å². The van der Waals surface area contributed by atoms with Crippen molar-refractivity contribution in [1.29, 1.82) is 0 Å². The second-order valence-corrected chi connectivity index (χ2v) is 33.3. The molecule has 0 N–H and O–H groups in total. The molecule has 0 saturated carbocycles. The Balaban J connectivity index is 1.53. The van der Waals surface area contributed by atoms with E-state index in [1.807, 2.05) is 88.8 Å². The Labute approximate surface area is 415 Å². The minimum Gasteiger partial charge on any atom is -0.493 e. The van der Waals surface area contributed by atoms with Crippen molar-refractivity contribution in [3.63, 3.8) is 0 Å². The van der Waals surface area contributed by atoms with E-state index in [2.05, 4.69) is 82.4 Å². The van der Waals surface area contributed by atoms with Gasteiger partial charge in [0.15, 0.2) is 24.6 Å². The Bertz CT molecular complexity index is 2150. The van der Waals surface area contributed by atoms with Gasteiger partial charge in [0, 0.05) is 49.0 Å². The van der Waals surface area contributed by atoms with E-state index < -0.39 is 35.9 Å². The van der Waals surface area contributed by atoms with Crippen LogP contribution in [-0.2, 0) is 47.5 Å². The summed E-state index contributed by atoms with van der Waals surface area (Å²) in [6.07, 6.45) is 2.59. The third kappa shape index (κ3) is 19.3. The summed E-state index contributed by atoms with van der Waals surface area (Å²) in [5, 5.41) is 3.92. The van der Waals surface area contributed by atoms with Crippen molar-refractivity contribution < 1.29 is 46.8 Å². The van der Waals surface area contributed by atoms with Gasteiger partial charge in [0.2, 0.25) is 0 Å². The van der Waals surface area contributed by atoms with Gasteiger partial charge in [-0.1, -0.05) is 145 Å². The van der Waals surface area contributed by atoms with Gasteiger partial charge in [0.05, 0.1) is 39.0 Å². The van der Waals surface area contributed by atoms with Crippen LogP contribution in [0.5, 0.6) is 17.2 Å². The lowest BCUT2D eigenvalue weighted by atomic mass is 9.98. The molecule has 0 bridgehead atoms. The van der Waals surface area contributed by atoms with Crippen LogP contribution in [0.2, 0.25) is 51.4 Å². The Morgan fingerprint density at radius 1 is 0.638 bits per heavy atom. The zero-order valence-corrected chi connectivity index (χ0v) is 45.8. The number of unbranched alkanes of at least 4 members (excludes halogenated alkanes) is 2. The van der Waals surface area contributed by atoms with Crippen LogP contribution in [0.15, 0.2) is 103 Å². The van der Waals surface area contributed by atoms with Crippen molar-refractivity contribution in [2.75, 3.05) is 60.0 Å². The van der Waals surface area contributed by atoms with Crippen molar-refractivity contribution >= 4 is 29.8 Å². The van der Waals surface area contributed by atoms with E-state index >= 15 is 4.79 Å². The maximum absolute atomic E-state index is 15.8. The molecule has 1 unspecified atom stereocenters. The monoisotopic (exact) mass is 1010 g/mol. The maximum atomic E-state index is 15.8. The molecule has 5 rings (SSSR count). The molecule has 16 heteroatoms. The number of ether oxygens (including phenoxy) is 6. The van der Waals surface area contributed by atoms with Crippen molar-refractivity contribution in [2.45, 2.75) is 123 Å². The number of carbonyl (C=O) groups is 1. The van der Waals surface area contributed by atoms with Crippen LogP contribution in [0, 0.1) is 0 Å². The van der Waals surface area contributed by atoms with Crippen molar-refractivity contribution in [3.05, 3.63) is 125 Å². The van der Waals surface area contributed by atoms with Crippen LogP contribution in [0.4, 0.5) is 4.79 Å². The number of hydrazine groups is 1. The van der Waals surface area contributed by atoms with E-state index in [1.165, 1.54) is 0 Å². The van der Waals surface area contributed by atoms with E-state index in [-0.39, 0.29) is 39.1 Å². The van der Waals surface area contributed by atoms with Gasteiger partial charge in [-0.2, -0.15) is 0 Å². The largest absolute Gasteiger partial charge is 0.493 e. The maximum Gasteiger partial charge on any atom is 0.367 e. The Hall–Kier alpha value is -4.03. The van der Waals surface area contributed by atoms with Gasteiger partial charge < -0.3 is 42.4 Å². The molecule has 69 heavy (non-hydrogen) atoms. The van der Waals surface area contributed by atoms with Crippen LogP contribution < -0.4 is 14.2 Å². The van der Waals surface area contributed by atoms with Crippen LogP contribution in [0.1, 0.15) is 67.8 Å². The minimum absolute atomic E-state index is 0.0737. The van der Waals surface area contributed by atoms with Gasteiger partial charge in [-0.25, -0.2) is 9.80 Å². The molecule has 0 aromatic heterocycles. The molecule has 0 radical (unpaired) electrons. The summed E-state index contributed by atoms with van der Waals surface area (Å²) in [5.74, 6) is 1.60. The SMILES string of the molecule is CCCCOP(=O)(COc1cccc(CN2C(=O)N(Cc3ccc(OCOCC[Si](C)(C)C)c(OC)c3)N(Cc3ccccc3)C[C@@H](OCOCC[Si](C)(C)C)C2c2ccccc2)c1)OCCCC. The number of nitrogens with zero attached hydrogens (tertiary/aromatic N) is 3. The van der Waals surface area contributed by atoms with E-state index in [9.17, 15) is 4.57 Å². The van der Waals surface area contributed by atoms with E-state index in [4.69, 9.17) is 37.5 Å². The lowest BCUT2D eigenvalue weighted by Crippen LogP contribution is -2.49. The molecular formula is C53H80N3O10PSi2. The molecule has 1 heterocycles. The number of rotatable bonds is 31. The van der Waals surface area contributed by atoms with Crippen molar-refractivity contribution in [2.24, 2.45) is 0 Å². The molecule has 380 valence electrons. The highest BCUT2D eigenvalue weighted by atomic mass is 31.2. The average Bonchev–Trinajstić information content (AvgIpc) is 3.41. The van der Waals surface area contributed by atoms with Gasteiger partial charge in [0.25, 0.3) is 0 Å². The molecule has 0 spiro atoms. The zero-order chi connectivity index (χ0) is 49.7. The summed E-state index contributed by atoms with van der Waals surface area (Å²) in [4.78, 5) is 17.7. The highest BCUT2D eigenvalue weighted by molar-refractivity contribution is 7.53. The Morgan fingerprint density at radius 3 is 1.87 bits per heavy atom. The fraction of sp³-hybridized carbons (Fsp3) is 0.528. The standard InChI is InChI=1S/C53H80N3O10PSi2/c1-10-12-29-65-67(58,66-30-13-11-2)43-64-48-26-20-23-45(35-48)38-55-52(47-24-18-15-19-25-47)51(63-42-61-32-34-69(7,8)9)40-54(37-44-21-16-14-17-22-44)56(53(55)57)39-46-27-28-49(50(36-46)59-3)62-41-60-31-33-68(4,5)6/h14-28,35-36,51-52H,10-13,29-34,37-43H2,1-9H3/t51-,52?/m1/s1. The molecule has 4 aromatic carbocycles. The minimum atomic E-state index is -3.54. The highest BCUT2D eigenvalue weighted by Crippen LogP contribution is 2.48. The number of hydrogen-bond acceptors (Lipinski definition) is 11. The smallest absolute Gasteiger partial charge is 0.367 e. The van der Waals surface area contributed by atoms with Crippen LogP contribution >= 0.6 is 7.60 Å². The molecule has 1 aliphatic rings. The fourth-order valence-corrected chi connectivity index (χ4v) is 10.4. The normalized spacial score (nSPS) is 16.2. The number of hydrogen-bond donors (Lipinski definition) is 0. The van der Waals surface area contributed by atoms with Crippen LogP contribution in [0.3, 0.4) is 0 Å². The first-order valence-electron chi connectivity index (χ1n) is 24.7. The van der Waals surface area contributed by atoms with Gasteiger partial charge in [-0.3, -0.25) is 9.57 Å². The third-order valence-corrected chi connectivity index (χ3v) is 16.7. The van der Waals surface area contributed by atoms with Gasteiger partial charge >= 0.3 is 13.6 Å². The Kier molecular flexibility index (Phi) is 22.8. The molecule has 1 saturated heterocycles. The molecule has 13 nitrogen and oxygen atoms in total. The first-order valence-corrected chi connectivity index (χ1v) is 33.8. The summed E-state index contributed by atoms with van der Waals surface area (Å²) in [5.41, 5.74) is 3.63. The molecule has 0 aliphatic carbocycles. The molecule has 1 fully saturated rings. The summed E-state index contributed by atoms with van der Waals surface area (Å²) in [6.45, 7) is 21.4. The topological polar surface area (TPSA) is 118 Å². The zero-order valence-electron chi connectivity index (χ0n) is 42.9. The molecule has 4 aromatic rings. The number of amides is 2. The fourth-order valence-electron chi connectivity index (χ4n) is 7.57. The number of methoxy groups -OCH3 is 1. The number of benzene rings is 4. The molecular weight excluding hydrogens is 926 g/mol. The second kappa shape index (κ2) is 28.1. The lowest BCUT2D eigenvalue weighted by molar-refractivity contribution is -0.119. The quantitative estimate of drug-likeness (QED) is 0.0208. The van der Waals surface area contributed by atoms with Gasteiger partial charge in [-0.05, 0) is 71.4 Å². The predicted molar refractivity (Wildman–Crippen MR) is 280 cm³/mol. The second-order valence-electron chi connectivity index (χ2n) is 20.1. The van der Waals surface area contributed by atoms with Gasteiger partial charge in [-0.15, -0.1) is 0 Å². The van der Waals surface area contributed by atoms with E-state index in [0.717, 1.165) is 60.0 Å². The summed E-state index contributed by atoms with van der Waals surface area (Å²) in [6, 6.07) is 34.9. The summed E-state index contributed by atoms with van der Waals surface area (Å²) < 4.78 is 62.5. The average molecular weight is 1010 g/mol. The van der Waals surface area contributed by atoms with Crippen LogP contribution in [0.25, 0.3) is 0 Å². The number of carbonyl (C=O) groups excluding carboxylic acids is 1. The molecule has 1 aliphatic heterocycles. The summed E-state index contributed by atoms with van der Waals surface area (Å²) in [7, 11) is -4.53. The molecule has 2 atom stereocenters. The van der Waals surface area contributed by atoms with E-state index in [0.29, 0.717) is 56.8 Å². The number of urea groups is 1. The Morgan fingerprint density at radius 2 is 1.25 bits per heavy atom. The molecule has 2 amide bonds. The first-order chi connectivity index (χ1) is 33.1. The van der Waals surface area contributed by atoms with Crippen molar-refractivity contribution in [1.82, 2.24) is 14.9 Å². The third-order valence-electron chi connectivity index (χ3n) is 11.7. The van der Waals surface area contributed by atoms with Crippen molar-refractivity contribution in [3.8, 4) is 17.2 Å². The first kappa shape index (κ1) is 55.9.